The molecule has 0 fully saturated rings. The van der Waals surface area contributed by atoms with E-state index in [1.165, 1.54) is 12.1 Å². The lowest BCUT2D eigenvalue weighted by molar-refractivity contribution is -0.385. The second-order valence-corrected chi connectivity index (χ2v) is 12.6. The SMILES string of the molecule is ClC1=C(Cl)C(Cl)(Cl)C(Cl)=C1Cl.ClC1=C(Cl)C(Cl)(Cl)C(Cl)=C1Cl.O=C(O)c1cc2ccccc2cc1[N+](=O)[O-]. The zero-order valence-electron chi connectivity index (χ0n) is 17.6. The summed E-state index contributed by atoms with van der Waals surface area (Å²) in [5.41, 5.74) is -0.671. The molecule has 0 aromatic heterocycles. The second kappa shape index (κ2) is 13.3. The van der Waals surface area contributed by atoms with Gasteiger partial charge in [0.05, 0.1) is 45.2 Å². The highest BCUT2D eigenvalue weighted by atomic mass is 35.5. The Balaban J connectivity index is 0.000000206. The van der Waals surface area contributed by atoms with Crippen molar-refractivity contribution in [2.75, 3.05) is 0 Å². The monoisotopic (exact) mass is 757 g/mol. The Morgan fingerprint density at radius 2 is 1.00 bits per heavy atom. The molecule has 0 bridgehead atoms. The lowest BCUT2D eigenvalue weighted by Crippen LogP contribution is -2.09. The van der Waals surface area contributed by atoms with Crippen molar-refractivity contribution >= 4 is 162 Å². The van der Waals surface area contributed by atoms with Crippen molar-refractivity contribution in [1.82, 2.24) is 0 Å². The summed E-state index contributed by atoms with van der Waals surface area (Å²) < 4.78 is -2.95. The van der Waals surface area contributed by atoms with Gasteiger partial charge in [0.25, 0.3) is 5.69 Å². The van der Waals surface area contributed by atoms with Crippen molar-refractivity contribution in [2.24, 2.45) is 0 Å². The number of benzene rings is 2. The quantitative estimate of drug-likeness (QED) is 0.188. The van der Waals surface area contributed by atoms with Crippen molar-refractivity contribution in [3.8, 4) is 0 Å². The van der Waals surface area contributed by atoms with Crippen LogP contribution in [0.3, 0.4) is 0 Å². The molecule has 0 atom stereocenters. The lowest BCUT2D eigenvalue weighted by atomic mass is 10.1. The van der Waals surface area contributed by atoms with E-state index in [-0.39, 0.29) is 51.5 Å². The maximum atomic E-state index is 10.9. The molecule has 0 saturated carbocycles. The van der Waals surface area contributed by atoms with E-state index >= 15 is 0 Å². The molecule has 17 heteroatoms. The molecular formula is C21H7Cl12NO4. The Hall–Kier alpha value is 0.0100. The number of carboxylic acid groups (broad SMARTS) is 1. The van der Waals surface area contributed by atoms with Gasteiger partial charge in [0.2, 0.25) is 0 Å². The minimum Gasteiger partial charge on any atom is -0.477 e. The molecule has 0 saturated heterocycles. The number of aromatic carboxylic acids is 1. The van der Waals surface area contributed by atoms with Crippen LogP contribution >= 0.6 is 139 Å². The maximum absolute atomic E-state index is 10.9. The third kappa shape index (κ3) is 7.07. The fourth-order valence-electron chi connectivity index (χ4n) is 2.68. The molecule has 0 heterocycles. The van der Waals surface area contributed by atoms with Crippen LogP contribution in [0.2, 0.25) is 0 Å². The molecule has 5 nitrogen and oxygen atoms in total. The van der Waals surface area contributed by atoms with E-state index in [0.29, 0.717) is 10.8 Å². The molecule has 2 aliphatic rings. The first-order valence-electron chi connectivity index (χ1n) is 9.27. The van der Waals surface area contributed by atoms with Gasteiger partial charge in [0.15, 0.2) is 8.67 Å². The normalized spacial score (nSPS) is 17.9. The van der Waals surface area contributed by atoms with Crippen LogP contribution in [0.25, 0.3) is 10.8 Å². The number of rotatable bonds is 2. The Morgan fingerprint density at radius 3 is 1.24 bits per heavy atom. The molecule has 1 N–H and O–H groups in total. The Kier molecular flexibility index (Phi) is 12.0. The van der Waals surface area contributed by atoms with Crippen molar-refractivity contribution in [3.63, 3.8) is 0 Å². The van der Waals surface area contributed by atoms with E-state index in [1.54, 1.807) is 24.3 Å². The Bertz CT molecular complexity index is 1300. The molecule has 2 aromatic rings. The van der Waals surface area contributed by atoms with Crippen LogP contribution in [0, 0.1) is 10.1 Å². The van der Waals surface area contributed by atoms with Crippen LogP contribution in [-0.4, -0.2) is 24.7 Å². The van der Waals surface area contributed by atoms with Crippen LogP contribution in [0.1, 0.15) is 10.4 Å². The van der Waals surface area contributed by atoms with Gasteiger partial charge in [-0.15, -0.1) is 0 Å². The average Bonchev–Trinajstić information content (AvgIpc) is 3.09. The van der Waals surface area contributed by atoms with Gasteiger partial charge in [-0.2, -0.15) is 0 Å². The third-order valence-electron chi connectivity index (χ3n) is 4.55. The molecule has 0 amide bonds. The smallest absolute Gasteiger partial charge is 0.342 e. The minimum absolute atomic E-state index is 0.0394. The van der Waals surface area contributed by atoms with E-state index in [2.05, 4.69) is 0 Å². The number of fused-ring (bicyclic) bond motifs is 1. The van der Waals surface area contributed by atoms with Gasteiger partial charge in [-0.1, -0.05) is 163 Å². The van der Waals surface area contributed by atoms with Gasteiger partial charge in [-0.05, 0) is 16.8 Å². The number of nitro benzene ring substituents is 1. The molecule has 0 unspecified atom stereocenters. The van der Waals surface area contributed by atoms with Gasteiger partial charge in [-0.25, -0.2) is 4.79 Å². The van der Waals surface area contributed by atoms with Crippen LogP contribution in [0.15, 0.2) is 76.7 Å². The molecule has 0 spiro atoms. The molecule has 204 valence electrons. The van der Waals surface area contributed by atoms with Crippen molar-refractivity contribution < 1.29 is 14.8 Å². The first-order chi connectivity index (χ1) is 17.4. The van der Waals surface area contributed by atoms with Crippen molar-refractivity contribution in [3.05, 3.63) is 92.3 Å². The fraction of sp³-hybridized carbons (Fsp3) is 0.0952. The highest BCUT2D eigenvalue weighted by Gasteiger charge is 2.43. The van der Waals surface area contributed by atoms with Gasteiger partial charge >= 0.3 is 5.97 Å². The number of alkyl halides is 4. The molecule has 38 heavy (non-hydrogen) atoms. The highest BCUT2D eigenvalue weighted by Crippen LogP contribution is 2.54. The lowest BCUT2D eigenvalue weighted by Gasteiger charge is -2.11. The average molecular weight is 763 g/mol. The Labute approximate surface area is 275 Å². The Morgan fingerprint density at radius 1 is 0.684 bits per heavy atom. The number of hydrogen-bond acceptors (Lipinski definition) is 3. The van der Waals surface area contributed by atoms with E-state index in [4.69, 9.17) is 144 Å². The second-order valence-electron chi connectivity index (χ2n) is 6.94. The van der Waals surface area contributed by atoms with Gasteiger partial charge in [0.1, 0.15) is 5.56 Å². The number of halogens is 12. The largest absolute Gasteiger partial charge is 0.477 e. The summed E-state index contributed by atoms with van der Waals surface area (Å²) in [6.45, 7) is 0. The van der Waals surface area contributed by atoms with Gasteiger partial charge in [-0.3, -0.25) is 10.1 Å². The number of hydrogen-bond donors (Lipinski definition) is 1. The number of allylic oxidation sites excluding steroid dienone is 8. The van der Waals surface area contributed by atoms with E-state index < -0.39 is 19.6 Å². The van der Waals surface area contributed by atoms with Crippen molar-refractivity contribution in [1.29, 1.82) is 0 Å². The number of carboxylic acids is 1. The van der Waals surface area contributed by atoms with Crippen LogP contribution in [-0.2, 0) is 0 Å². The number of carbonyl (C=O) groups is 1. The predicted molar refractivity (Wildman–Crippen MR) is 161 cm³/mol. The van der Waals surface area contributed by atoms with Crippen LogP contribution in [0.4, 0.5) is 5.69 Å². The minimum atomic E-state index is -1.47. The molecule has 2 aromatic carbocycles. The summed E-state index contributed by atoms with van der Waals surface area (Å²) in [5.74, 6) is -1.29. The summed E-state index contributed by atoms with van der Waals surface area (Å²) in [6, 6.07) is 9.50. The zero-order valence-corrected chi connectivity index (χ0v) is 26.7. The third-order valence-corrected chi connectivity index (χ3v) is 10.8. The summed E-state index contributed by atoms with van der Waals surface area (Å²) >= 11 is 67.6. The van der Waals surface area contributed by atoms with Gasteiger partial charge < -0.3 is 5.11 Å². The number of nitrogens with zero attached hydrogens (tertiary/aromatic N) is 1. The molecule has 0 aliphatic heterocycles. The topological polar surface area (TPSA) is 80.4 Å². The molecule has 0 radical (unpaired) electrons. The summed E-state index contributed by atoms with van der Waals surface area (Å²) in [7, 11) is 0. The highest BCUT2D eigenvalue weighted by molar-refractivity contribution is 6.68. The van der Waals surface area contributed by atoms with Gasteiger partial charge in [0, 0.05) is 6.07 Å². The standard InChI is InChI=1S/C11H7NO4.2C5Cl6/c13-11(14)9-5-7-3-1-2-4-8(7)6-10(9)12(15)16;2*6-1-2(7)4(9)5(10,11)3(1)8/h1-6H,(H,13,14);;. The van der Waals surface area contributed by atoms with E-state index in [0.717, 1.165) is 0 Å². The first-order valence-corrected chi connectivity index (χ1v) is 13.8. The van der Waals surface area contributed by atoms with Crippen molar-refractivity contribution in [2.45, 2.75) is 8.67 Å². The molecule has 4 rings (SSSR count). The van der Waals surface area contributed by atoms with Crippen LogP contribution in [0.5, 0.6) is 0 Å². The summed E-state index contributed by atoms with van der Waals surface area (Å²) in [4.78, 5) is 20.9. The van der Waals surface area contributed by atoms with Crippen LogP contribution < -0.4 is 0 Å². The van der Waals surface area contributed by atoms with E-state index in [9.17, 15) is 14.9 Å². The maximum Gasteiger partial charge on any atom is 0.342 e. The number of nitro groups is 1. The zero-order chi connectivity index (χ0) is 29.3. The molecule has 2 aliphatic carbocycles. The summed E-state index contributed by atoms with van der Waals surface area (Å²) in [6.07, 6.45) is 0. The molecular weight excluding hydrogens is 756 g/mol. The fourth-order valence-corrected chi connectivity index (χ4v) is 5.81. The predicted octanol–water partition coefficient (Wildman–Crippen LogP) is 11.6. The van der Waals surface area contributed by atoms with E-state index in [1.807, 2.05) is 0 Å². The summed E-state index contributed by atoms with van der Waals surface area (Å²) in [5, 5.41) is 21.5. The first kappa shape index (κ1) is 34.2.